The summed E-state index contributed by atoms with van der Waals surface area (Å²) < 4.78 is 1.50. The Hall–Kier alpha value is -3.48. The molecule has 1 heterocycles. The molecule has 7 heteroatoms. The van der Waals surface area contributed by atoms with Crippen molar-refractivity contribution in [3.05, 3.63) is 77.1 Å². The molecule has 0 atom stereocenters. The highest BCUT2D eigenvalue weighted by atomic mass is 16.2. The molecule has 0 bridgehead atoms. The summed E-state index contributed by atoms with van der Waals surface area (Å²) in [6.07, 6.45) is 2.40. The fourth-order valence-electron chi connectivity index (χ4n) is 2.33. The molecule has 0 fully saturated rings. The summed E-state index contributed by atoms with van der Waals surface area (Å²) in [5, 5.41) is 7.77. The summed E-state index contributed by atoms with van der Waals surface area (Å²) in [5.74, 6) is -0.936. The SMILES string of the molecule is CCc1ccc(C(=O)NNC(=O)c2cn(-c3ccc(C)cc3)nn2)cc1. The molecule has 0 saturated heterocycles. The Bertz CT molecular complexity index is 914. The second kappa shape index (κ2) is 7.60. The van der Waals surface area contributed by atoms with E-state index in [1.165, 1.54) is 10.9 Å². The Morgan fingerprint density at radius 3 is 2.27 bits per heavy atom. The number of carbonyl (C=O) groups excluding carboxylic acids is 2. The molecule has 1 aromatic heterocycles. The van der Waals surface area contributed by atoms with E-state index in [9.17, 15) is 9.59 Å². The lowest BCUT2D eigenvalue weighted by Gasteiger charge is -2.06. The van der Waals surface area contributed by atoms with Crippen molar-refractivity contribution in [1.82, 2.24) is 25.8 Å². The molecule has 0 spiro atoms. The van der Waals surface area contributed by atoms with Crippen molar-refractivity contribution in [2.24, 2.45) is 0 Å². The number of aromatic nitrogens is 3. The summed E-state index contributed by atoms with van der Waals surface area (Å²) in [5.41, 5.74) is 8.35. The average Bonchev–Trinajstić information content (AvgIpc) is 3.16. The molecule has 132 valence electrons. The monoisotopic (exact) mass is 349 g/mol. The Kier molecular flexibility index (Phi) is 5.07. The second-order valence-corrected chi connectivity index (χ2v) is 5.84. The average molecular weight is 349 g/mol. The molecule has 3 aromatic rings. The lowest BCUT2D eigenvalue weighted by atomic mass is 10.1. The van der Waals surface area contributed by atoms with Crippen LogP contribution in [-0.4, -0.2) is 26.8 Å². The van der Waals surface area contributed by atoms with E-state index in [1.54, 1.807) is 12.1 Å². The van der Waals surface area contributed by atoms with Crippen molar-refractivity contribution in [2.75, 3.05) is 0 Å². The first-order chi connectivity index (χ1) is 12.6. The number of amides is 2. The zero-order valence-electron chi connectivity index (χ0n) is 14.6. The lowest BCUT2D eigenvalue weighted by molar-refractivity contribution is 0.0844. The van der Waals surface area contributed by atoms with Crippen LogP contribution in [0.15, 0.2) is 54.7 Å². The van der Waals surface area contributed by atoms with Crippen LogP contribution in [0.3, 0.4) is 0 Å². The molecule has 0 aliphatic carbocycles. The molecule has 26 heavy (non-hydrogen) atoms. The van der Waals surface area contributed by atoms with E-state index < -0.39 is 11.8 Å². The first kappa shape index (κ1) is 17.3. The molecule has 2 aromatic carbocycles. The zero-order valence-corrected chi connectivity index (χ0v) is 14.6. The highest BCUT2D eigenvalue weighted by Gasteiger charge is 2.13. The number of hydrogen-bond donors (Lipinski definition) is 2. The molecule has 3 rings (SSSR count). The van der Waals surface area contributed by atoms with Crippen molar-refractivity contribution in [1.29, 1.82) is 0 Å². The highest BCUT2D eigenvalue weighted by molar-refractivity contribution is 5.98. The number of aryl methyl sites for hydroxylation is 2. The van der Waals surface area contributed by atoms with Crippen molar-refractivity contribution in [2.45, 2.75) is 20.3 Å². The number of benzene rings is 2. The largest absolute Gasteiger partial charge is 0.291 e. The maximum atomic E-state index is 12.1. The zero-order chi connectivity index (χ0) is 18.5. The van der Waals surface area contributed by atoms with Crippen LogP contribution < -0.4 is 10.9 Å². The van der Waals surface area contributed by atoms with Gasteiger partial charge in [-0.15, -0.1) is 5.10 Å². The third-order valence-corrected chi connectivity index (χ3v) is 3.94. The van der Waals surface area contributed by atoms with Crippen LogP contribution in [-0.2, 0) is 6.42 Å². The van der Waals surface area contributed by atoms with Gasteiger partial charge in [-0.1, -0.05) is 42.0 Å². The normalized spacial score (nSPS) is 10.4. The minimum atomic E-state index is -0.540. The predicted molar refractivity (Wildman–Crippen MR) is 96.8 cm³/mol. The Morgan fingerprint density at radius 1 is 0.962 bits per heavy atom. The Morgan fingerprint density at radius 2 is 1.62 bits per heavy atom. The summed E-state index contributed by atoms with van der Waals surface area (Å²) in [4.78, 5) is 24.2. The standard InChI is InChI=1S/C19H19N5O2/c1-3-14-6-8-15(9-7-14)18(25)21-22-19(26)17-12-24(23-20-17)16-10-4-13(2)5-11-16/h4-12H,3H2,1-2H3,(H,21,25)(H,22,26). The second-order valence-electron chi connectivity index (χ2n) is 5.84. The first-order valence-electron chi connectivity index (χ1n) is 8.26. The number of nitrogens with zero attached hydrogens (tertiary/aromatic N) is 3. The number of carbonyl (C=O) groups is 2. The molecule has 0 radical (unpaired) electrons. The molecular weight excluding hydrogens is 330 g/mol. The fourth-order valence-corrected chi connectivity index (χ4v) is 2.33. The minimum absolute atomic E-state index is 0.104. The van der Waals surface area contributed by atoms with Gasteiger partial charge in [-0.2, -0.15) is 0 Å². The number of rotatable bonds is 4. The summed E-state index contributed by atoms with van der Waals surface area (Å²) >= 11 is 0. The van der Waals surface area contributed by atoms with Gasteiger partial charge in [-0.3, -0.25) is 20.4 Å². The first-order valence-corrected chi connectivity index (χ1v) is 8.26. The molecule has 2 amide bonds. The lowest BCUT2D eigenvalue weighted by Crippen LogP contribution is -2.41. The van der Waals surface area contributed by atoms with E-state index in [-0.39, 0.29) is 5.69 Å². The third-order valence-electron chi connectivity index (χ3n) is 3.94. The van der Waals surface area contributed by atoms with E-state index >= 15 is 0 Å². The molecule has 0 aliphatic rings. The van der Waals surface area contributed by atoms with Gasteiger partial charge in [0.25, 0.3) is 11.8 Å². The van der Waals surface area contributed by atoms with E-state index in [0.717, 1.165) is 23.2 Å². The summed E-state index contributed by atoms with van der Waals surface area (Å²) in [6.45, 7) is 4.03. The highest BCUT2D eigenvalue weighted by Crippen LogP contribution is 2.08. The van der Waals surface area contributed by atoms with Gasteiger partial charge in [-0.25, -0.2) is 4.68 Å². The quantitative estimate of drug-likeness (QED) is 0.707. The van der Waals surface area contributed by atoms with Gasteiger partial charge >= 0.3 is 0 Å². The van der Waals surface area contributed by atoms with E-state index in [0.29, 0.717) is 5.56 Å². The van der Waals surface area contributed by atoms with E-state index in [1.807, 2.05) is 50.2 Å². The van der Waals surface area contributed by atoms with Gasteiger partial charge in [0.15, 0.2) is 5.69 Å². The van der Waals surface area contributed by atoms with Crippen LogP contribution in [0.1, 0.15) is 38.9 Å². The van der Waals surface area contributed by atoms with Gasteiger partial charge in [0, 0.05) is 5.56 Å². The number of hydrazine groups is 1. The van der Waals surface area contributed by atoms with Crippen molar-refractivity contribution >= 4 is 11.8 Å². The smallest absolute Gasteiger partial charge is 0.267 e. The van der Waals surface area contributed by atoms with Gasteiger partial charge in [-0.05, 0) is 43.2 Å². The third kappa shape index (κ3) is 3.94. The summed E-state index contributed by atoms with van der Waals surface area (Å²) in [7, 11) is 0. The fraction of sp³-hybridized carbons (Fsp3) is 0.158. The van der Waals surface area contributed by atoms with Crippen molar-refractivity contribution in [3.63, 3.8) is 0 Å². The Balaban J connectivity index is 1.61. The van der Waals surface area contributed by atoms with Gasteiger partial charge < -0.3 is 0 Å². The number of nitrogens with one attached hydrogen (secondary N) is 2. The van der Waals surface area contributed by atoms with Gasteiger partial charge in [0.1, 0.15) is 0 Å². The molecule has 0 unspecified atom stereocenters. The van der Waals surface area contributed by atoms with Crippen LogP contribution in [0, 0.1) is 6.92 Å². The predicted octanol–water partition coefficient (Wildman–Crippen LogP) is 2.21. The molecular formula is C19H19N5O2. The molecule has 0 aliphatic heterocycles. The maximum Gasteiger partial charge on any atom is 0.291 e. The van der Waals surface area contributed by atoms with Crippen LogP contribution >= 0.6 is 0 Å². The van der Waals surface area contributed by atoms with Crippen molar-refractivity contribution < 1.29 is 9.59 Å². The van der Waals surface area contributed by atoms with Crippen LogP contribution in [0.25, 0.3) is 5.69 Å². The summed E-state index contributed by atoms with van der Waals surface area (Å²) in [6, 6.07) is 14.8. The number of hydrogen-bond acceptors (Lipinski definition) is 4. The van der Waals surface area contributed by atoms with Crippen LogP contribution in [0.4, 0.5) is 0 Å². The molecule has 7 nitrogen and oxygen atoms in total. The minimum Gasteiger partial charge on any atom is -0.267 e. The van der Waals surface area contributed by atoms with E-state index in [2.05, 4.69) is 21.2 Å². The molecule has 2 N–H and O–H groups in total. The Labute approximate surface area is 151 Å². The van der Waals surface area contributed by atoms with Crippen LogP contribution in [0.2, 0.25) is 0 Å². The van der Waals surface area contributed by atoms with Crippen LogP contribution in [0.5, 0.6) is 0 Å². The maximum absolute atomic E-state index is 12.1. The molecule has 0 saturated carbocycles. The van der Waals surface area contributed by atoms with Crippen molar-refractivity contribution in [3.8, 4) is 5.69 Å². The van der Waals surface area contributed by atoms with Gasteiger partial charge in [0.05, 0.1) is 11.9 Å². The topological polar surface area (TPSA) is 88.9 Å². The van der Waals surface area contributed by atoms with Gasteiger partial charge in [0.2, 0.25) is 0 Å². The van der Waals surface area contributed by atoms with E-state index in [4.69, 9.17) is 0 Å².